The van der Waals surface area contributed by atoms with Crippen molar-refractivity contribution in [2.75, 3.05) is 0 Å². The molecule has 0 fully saturated rings. The van der Waals surface area contributed by atoms with Gasteiger partial charge in [-0.2, -0.15) is 0 Å². The fourth-order valence-corrected chi connectivity index (χ4v) is 6.97. The molecule has 4 nitrogen and oxygen atoms in total. The van der Waals surface area contributed by atoms with Crippen LogP contribution >= 0.6 is 0 Å². The van der Waals surface area contributed by atoms with Crippen LogP contribution in [0.5, 0.6) is 17.2 Å². The third-order valence-corrected chi connectivity index (χ3v) is 10.4. The van der Waals surface area contributed by atoms with Crippen LogP contribution in [0.1, 0.15) is 26.3 Å². The normalized spacial score (nSPS) is 12.3. The van der Waals surface area contributed by atoms with Gasteiger partial charge in [-0.05, 0) is 46.2 Å². The molecular weight excluding hydrogens is 752 g/mol. The molecule has 0 unspecified atom stereocenters. The number of ether oxygens (including phenoxy) is 1. The summed E-state index contributed by atoms with van der Waals surface area (Å²) in [6, 6.07) is 34.6. The number of hydrogen-bond acceptors (Lipinski definition) is 4. The second-order valence-corrected chi connectivity index (χ2v) is 18.8. The number of aromatic nitrogens is 2. The Hall–Kier alpha value is -4.05. The summed E-state index contributed by atoms with van der Waals surface area (Å²) < 4.78 is 6.41. The van der Waals surface area contributed by atoms with Crippen molar-refractivity contribution in [3.05, 3.63) is 109 Å². The maximum Gasteiger partial charge on any atom is 0.140 e. The molecule has 1 N–H and O–H groups in total. The van der Waals surface area contributed by atoms with Crippen molar-refractivity contribution in [2.24, 2.45) is 0 Å². The Morgan fingerprint density at radius 3 is 2.20 bits per heavy atom. The molecule has 7 rings (SSSR count). The molecule has 1 aliphatic rings. The van der Waals surface area contributed by atoms with Gasteiger partial charge in [-0.1, -0.05) is 111 Å². The molecule has 6 aromatic rings. The van der Waals surface area contributed by atoms with E-state index in [1.807, 2.05) is 30.5 Å². The van der Waals surface area contributed by atoms with Gasteiger partial charge in [-0.15, -0.1) is 23.8 Å². The first-order chi connectivity index (χ1) is 21.0. The number of phenolic OH excluding ortho intramolecular Hbond substituents is 1. The van der Waals surface area contributed by atoms with Gasteiger partial charge in [0.1, 0.15) is 17.2 Å². The number of hydrogen-bond donors (Lipinski definition) is 1. The van der Waals surface area contributed by atoms with E-state index < -0.39 is 8.07 Å². The zero-order chi connectivity index (χ0) is 30.8. The van der Waals surface area contributed by atoms with Crippen molar-refractivity contribution < 1.29 is 30.9 Å². The van der Waals surface area contributed by atoms with Crippen molar-refractivity contribution >= 4 is 24.0 Å². The Balaban J connectivity index is 0.00000357. The molecule has 45 heavy (non-hydrogen) atoms. The minimum Gasteiger partial charge on any atom is -0.507 e. The summed E-state index contributed by atoms with van der Waals surface area (Å²) >= 11 is 0. The third kappa shape index (κ3) is 5.76. The van der Waals surface area contributed by atoms with E-state index in [-0.39, 0.29) is 32.2 Å². The number of pyridine rings is 2. The van der Waals surface area contributed by atoms with Gasteiger partial charge in [0.05, 0.1) is 19.3 Å². The molecule has 4 aromatic carbocycles. The molecule has 0 spiro atoms. The van der Waals surface area contributed by atoms with E-state index in [0.717, 1.165) is 55.9 Å². The van der Waals surface area contributed by atoms with Gasteiger partial charge >= 0.3 is 0 Å². The summed E-state index contributed by atoms with van der Waals surface area (Å²) in [5, 5.41) is 14.3. The monoisotopic (exact) mass is 786 g/mol. The number of fused-ring (bicyclic) bond motifs is 2. The predicted octanol–water partition coefficient (Wildman–Crippen LogP) is 9.75. The van der Waals surface area contributed by atoms with Crippen molar-refractivity contribution in [1.29, 1.82) is 0 Å². The quantitative estimate of drug-likeness (QED) is 0.143. The van der Waals surface area contributed by atoms with Gasteiger partial charge in [0.15, 0.2) is 0 Å². The second-order valence-electron chi connectivity index (χ2n) is 13.7. The molecule has 0 saturated carbocycles. The molecule has 0 atom stereocenters. The molecule has 0 bridgehead atoms. The van der Waals surface area contributed by atoms with Gasteiger partial charge < -0.3 is 9.84 Å². The van der Waals surface area contributed by atoms with Gasteiger partial charge in [0.2, 0.25) is 0 Å². The summed E-state index contributed by atoms with van der Waals surface area (Å²) in [5.74, 6) is 1.57. The van der Waals surface area contributed by atoms with Gasteiger partial charge in [-0.3, -0.25) is 9.97 Å². The van der Waals surface area contributed by atoms with E-state index in [9.17, 15) is 5.11 Å². The molecule has 0 saturated heterocycles. The number of rotatable bonds is 4. The summed E-state index contributed by atoms with van der Waals surface area (Å²) in [5.41, 5.74) is 8.14. The van der Waals surface area contributed by atoms with Crippen molar-refractivity contribution in [3.8, 4) is 62.1 Å². The second kappa shape index (κ2) is 11.4. The number of benzene rings is 4. The first-order valence-electron chi connectivity index (χ1n) is 15.1. The minimum absolute atomic E-state index is 0. The van der Waals surface area contributed by atoms with Crippen molar-refractivity contribution in [2.45, 2.75) is 45.8 Å². The SMILES string of the molecule is CC(C)(C)c1cc(-c2cc(-c3ccccc3)ccn2)[c-]c(-c2cc3cc([Si](C)(C)C)cc4c3c(n2)-c2c(O)cccc2O4)c1.[Pt]. The fraction of sp³-hybridized carbons (Fsp3) is 0.179. The Morgan fingerprint density at radius 2 is 1.49 bits per heavy atom. The Labute approximate surface area is 280 Å². The van der Waals surface area contributed by atoms with Crippen LogP contribution in [0.4, 0.5) is 0 Å². The largest absolute Gasteiger partial charge is 0.507 e. The maximum atomic E-state index is 11.0. The van der Waals surface area contributed by atoms with Crippen molar-refractivity contribution in [1.82, 2.24) is 9.97 Å². The van der Waals surface area contributed by atoms with Crippen molar-refractivity contribution in [3.63, 3.8) is 0 Å². The average molecular weight is 787 g/mol. The molecule has 228 valence electrons. The molecule has 2 aromatic heterocycles. The van der Waals surface area contributed by atoms with E-state index in [1.54, 1.807) is 6.07 Å². The van der Waals surface area contributed by atoms with Crippen LogP contribution < -0.4 is 9.92 Å². The fourth-order valence-electron chi connectivity index (χ4n) is 5.82. The Bertz CT molecular complexity index is 2080. The van der Waals surface area contributed by atoms with Gasteiger partial charge in [-0.25, -0.2) is 0 Å². The molecule has 0 amide bonds. The Morgan fingerprint density at radius 1 is 0.756 bits per heavy atom. The summed E-state index contributed by atoms with van der Waals surface area (Å²) in [7, 11) is -1.68. The van der Waals surface area contributed by atoms with Crippen LogP contribution in [0.2, 0.25) is 19.6 Å². The summed E-state index contributed by atoms with van der Waals surface area (Å²) in [6.07, 6.45) is 1.87. The standard InChI is InChI=1S/C39H35N2O2Si.Pt/c1-39(2,3)29-18-26(31-21-25(15-16-40-31)24-11-8-7-9-12-24)17-27(19-29)32-22-28-20-30(44(4,5)6)23-35-36(28)38(41-32)37-33(42)13-10-14-34(37)43-35;/h7-16,18-23,42H,1-6H3;/q-1;. The van der Waals surface area contributed by atoms with Gasteiger partial charge in [0.25, 0.3) is 0 Å². The van der Waals surface area contributed by atoms with Crippen LogP contribution in [0, 0.1) is 6.07 Å². The molecule has 0 radical (unpaired) electrons. The van der Waals surface area contributed by atoms with E-state index in [0.29, 0.717) is 11.3 Å². The number of nitrogens with zero attached hydrogens (tertiary/aromatic N) is 2. The average Bonchev–Trinajstić information content (AvgIpc) is 3.00. The van der Waals surface area contributed by atoms with Crippen LogP contribution in [-0.4, -0.2) is 23.1 Å². The topological polar surface area (TPSA) is 55.2 Å². The zero-order valence-corrected chi connectivity index (χ0v) is 29.6. The van der Waals surface area contributed by atoms with E-state index >= 15 is 0 Å². The van der Waals surface area contributed by atoms with Crippen LogP contribution in [0.15, 0.2) is 97.2 Å². The molecule has 6 heteroatoms. The Kier molecular flexibility index (Phi) is 7.83. The third-order valence-electron chi connectivity index (χ3n) is 8.37. The van der Waals surface area contributed by atoms with Crippen LogP contribution in [0.25, 0.3) is 55.7 Å². The van der Waals surface area contributed by atoms with E-state index in [4.69, 9.17) is 14.7 Å². The molecular formula is C39H35N2O2PtSi-. The summed E-state index contributed by atoms with van der Waals surface area (Å²) in [6.45, 7) is 13.7. The molecule has 3 heterocycles. The molecule has 1 aliphatic heterocycles. The van der Waals surface area contributed by atoms with E-state index in [2.05, 4.69) is 107 Å². The number of phenols is 1. The zero-order valence-electron chi connectivity index (χ0n) is 26.3. The molecule has 0 aliphatic carbocycles. The van der Waals surface area contributed by atoms with Crippen LogP contribution in [0.3, 0.4) is 0 Å². The van der Waals surface area contributed by atoms with Gasteiger partial charge in [0, 0.05) is 44.0 Å². The number of aromatic hydroxyl groups is 1. The maximum absolute atomic E-state index is 11.0. The van der Waals surface area contributed by atoms with Crippen LogP contribution in [-0.2, 0) is 26.5 Å². The first-order valence-corrected chi connectivity index (χ1v) is 18.6. The minimum atomic E-state index is -1.68. The first kappa shape index (κ1) is 30.9. The smallest absolute Gasteiger partial charge is 0.140 e. The summed E-state index contributed by atoms with van der Waals surface area (Å²) in [4.78, 5) is 10.0. The predicted molar refractivity (Wildman–Crippen MR) is 184 cm³/mol. The van der Waals surface area contributed by atoms with E-state index in [1.165, 1.54) is 10.8 Å².